The van der Waals surface area contributed by atoms with Crippen molar-refractivity contribution < 1.29 is 14.1 Å². The molecule has 0 spiro atoms. The van der Waals surface area contributed by atoms with Crippen LogP contribution in [0.5, 0.6) is 11.8 Å². The van der Waals surface area contributed by atoms with Crippen LogP contribution in [0.3, 0.4) is 0 Å². The first-order valence-corrected chi connectivity index (χ1v) is 6.04. The maximum Gasteiger partial charge on any atom is 0.321 e. The Morgan fingerprint density at radius 2 is 1.90 bits per heavy atom. The fourth-order valence-electron chi connectivity index (χ4n) is 1.71. The fraction of sp³-hybridized carbons (Fsp3) is 0. The van der Waals surface area contributed by atoms with Gasteiger partial charge >= 0.3 is 6.01 Å². The summed E-state index contributed by atoms with van der Waals surface area (Å²) in [5.74, 6) is 0.490. The highest BCUT2D eigenvalue weighted by Crippen LogP contribution is 2.31. The topological polar surface area (TPSA) is 104 Å². The number of para-hydroxylation sites is 1. The molecule has 104 valence electrons. The van der Waals surface area contributed by atoms with Crippen LogP contribution in [0.25, 0.3) is 11.3 Å². The molecule has 0 unspecified atom stereocenters. The first kappa shape index (κ1) is 12.8. The Morgan fingerprint density at radius 1 is 1.14 bits per heavy atom. The van der Waals surface area contributed by atoms with Crippen molar-refractivity contribution in [3.63, 3.8) is 0 Å². The van der Waals surface area contributed by atoms with Gasteiger partial charge in [0.05, 0.1) is 17.3 Å². The molecular formula is C14H10N4O3. The maximum atomic E-state index is 11.0. The summed E-state index contributed by atoms with van der Waals surface area (Å²) in [7, 11) is 0. The van der Waals surface area contributed by atoms with Gasteiger partial charge < -0.3 is 15.0 Å². The number of hydrogen-bond acceptors (Lipinski definition) is 6. The second-order valence-corrected chi connectivity index (χ2v) is 4.09. The van der Waals surface area contributed by atoms with Gasteiger partial charge in [0.2, 0.25) is 0 Å². The number of nitrogens with two attached hydrogens (primary N) is 1. The molecule has 0 bridgehead atoms. The average Bonchev–Trinajstić information content (AvgIpc) is 3.02. The number of primary amides is 1. The predicted molar refractivity (Wildman–Crippen MR) is 72.6 cm³/mol. The van der Waals surface area contributed by atoms with E-state index in [4.69, 9.17) is 15.0 Å². The van der Waals surface area contributed by atoms with Crippen molar-refractivity contribution in [2.45, 2.75) is 0 Å². The van der Waals surface area contributed by atoms with Crippen molar-refractivity contribution in [2.75, 3.05) is 0 Å². The molecule has 2 N–H and O–H groups in total. The van der Waals surface area contributed by atoms with Crippen LogP contribution in [-0.2, 0) is 0 Å². The summed E-state index contributed by atoms with van der Waals surface area (Å²) in [5, 5.41) is 3.66. The molecule has 0 fully saturated rings. The molecule has 0 radical (unpaired) electrons. The van der Waals surface area contributed by atoms with E-state index in [1.165, 1.54) is 12.4 Å². The molecule has 1 aromatic carbocycles. The molecule has 1 amide bonds. The van der Waals surface area contributed by atoms with Crippen LogP contribution in [0.15, 0.2) is 53.4 Å². The van der Waals surface area contributed by atoms with E-state index in [0.29, 0.717) is 11.5 Å². The van der Waals surface area contributed by atoms with Crippen LogP contribution in [0.1, 0.15) is 10.4 Å². The lowest BCUT2D eigenvalue weighted by Crippen LogP contribution is -2.11. The van der Waals surface area contributed by atoms with E-state index in [1.807, 2.05) is 18.2 Å². The summed E-state index contributed by atoms with van der Waals surface area (Å²) < 4.78 is 10.7. The average molecular weight is 282 g/mol. The van der Waals surface area contributed by atoms with E-state index < -0.39 is 5.91 Å². The molecule has 2 heterocycles. The van der Waals surface area contributed by atoms with E-state index in [2.05, 4.69) is 15.1 Å². The number of hydrogen-bond donors (Lipinski definition) is 1. The molecule has 0 aliphatic heterocycles. The molecule has 21 heavy (non-hydrogen) atoms. The molecule has 0 saturated carbocycles. The van der Waals surface area contributed by atoms with E-state index >= 15 is 0 Å². The number of amides is 1. The zero-order valence-electron chi connectivity index (χ0n) is 10.8. The predicted octanol–water partition coefficient (Wildman–Crippen LogP) is 2.02. The molecule has 0 atom stereocenters. The van der Waals surface area contributed by atoms with Gasteiger partial charge in [-0.15, -0.1) is 0 Å². The standard InChI is InChI=1S/C14H10N4O3/c15-13(19)9-7-16-14(17-8-9)20-11-4-2-1-3-10(11)12-5-6-18-21-12/h1-8H,(H2,15,19). The Kier molecular flexibility index (Phi) is 3.30. The third kappa shape index (κ3) is 2.71. The van der Waals surface area contributed by atoms with Crippen LogP contribution < -0.4 is 10.5 Å². The van der Waals surface area contributed by atoms with Crippen molar-refractivity contribution in [2.24, 2.45) is 5.73 Å². The molecule has 0 saturated heterocycles. The van der Waals surface area contributed by atoms with Gasteiger partial charge in [0.15, 0.2) is 5.76 Å². The van der Waals surface area contributed by atoms with Crippen molar-refractivity contribution in [3.8, 4) is 23.1 Å². The molecule has 0 aliphatic rings. The number of rotatable bonds is 4. The monoisotopic (exact) mass is 282 g/mol. The minimum Gasteiger partial charge on any atom is -0.424 e. The summed E-state index contributed by atoms with van der Waals surface area (Å²) >= 11 is 0. The van der Waals surface area contributed by atoms with Crippen LogP contribution >= 0.6 is 0 Å². The molecule has 7 heteroatoms. The number of nitrogens with zero attached hydrogens (tertiary/aromatic N) is 3. The van der Waals surface area contributed by atoms with Crippen molar-refractivity contribution in [1.29, 1.82) is 0 Å². The molecule has 3 rings (SSSR count). The lowest BCUT2D eigenvalue weighted by Gasteiger charge is -2.07. The first-order chi connectivity index (χ1) is 10.2. The second kappa shape index (κ2) is 5.41. The maximum absolute atomic E-state index is 11.0. The largest absolute Gasteiger partial charge is 0.424 e. The lowest BCUT2D eigenvalue weighted by atomic mass is 10.1. The van der Waals surface area contributed by atoms with Gasteiger partial charge in [-0.05, 0) is 12.1 Å². The van der Waals surface area contributed by atoms with Gasteiger partial charge in [-0.1, -0.05) is 17.3 Å². The minimum absolute atomic E-state index is 0.104. The van der Waals surface area contributed by atoms with Crippen molar-refractivity contribution in [1.82, 2.24) is 15.1 Å². The zero-order valence-corrected chi connectivity index (χ0v) is 10.8. The van der Waals surface area contributed by atoms with Crippen LogP contribution in [-0.4, -0.2) is 21.0 Å². The lowest BCUT2D eigenvalue weighted by molar-refractivity contribution is 0.0999. The van der Waals surface area contributed by atoms with Gasteiger partial charge in [0.1, 0.15) is 5.75 Å². The molecular weight excluding hydrogens is 272 g/mol. The summed E-state index contributed by atoms with van der Waals surface area (Å²) in [6.45, 7) is 0. The number of carbonyl (C=O) groups excluding carboxylic acids is 1. The molecule has 2 aromatic heterocycles. The minimum atomic E-state index is -0.594. The number of benzene rings is 1. The molecule has 0 aliphatic carbocycles. The Labute approximate surface area is 119 Å². The van der Waals surface area contributed by atoms with Crippen LogP contribution in [0.2, 0.25) is 0 Å². The van der Waals surface area contributed by atoms with Gasteiger partial charge in [0, 0.05) is 18.5 Å². The SMILES string of the molecule is NC(=O)c1cnc(Oc2ccccc2-c2ccno2)nc1. The van der Waals surface area contributed by atoms with E-state index in [-0.39, 0.29) is 11.6 Å². The number of aromatic nitrogens is 3. The highest BCUT2D eigenvalue weighted by molar-refractivity contribution is 5.92. The van der Waals surface area contributed by atoms with Gasteiger partial charge in [-0.25, -0.2) is 9.97 Å². The Bertz CT molecular complexity index is 754. The normalized spacial score (nSPS) is 10.3. The van der Waals surface area contributed by atoms with E-state index in [9.17, 15) is 4.79 Å². The van der Waals surface area contributed by atoms with E-state index in [1.54, 1.807) is 18.3 Å². The Balaban J connectivity index is 1.90. The highest BCUT2D eigenvalue weighted by Gasteiger charge is 2.11. The van der Waals surface area contributed by atoms with Crippen LogP contribution in [0.4, 0.5) is 0 Å². The smallest absolute Gasteiger partial charge is 0.321 e. The summed E-state index contributed by atoms with van der Waals surface area (Å²) in [6.07, 6.45) is 4.16. The van der Waals surface area contributed by atoms with Crippen molar-refractivity contribution >= 4 is 5.91 Å². The summed E-state index contributed by atoms with van der Waals surface area (Å²) in [4.78, 5) is 18.8. The molecule has 7 nitrogen and oxygen atoms in total. The highest BCUT2D eigenvalue weighted by atomic mass is 16.5. The number of ether oxygens (including phenoxy) is 1. The molecule has 3 aromatic rings. The zero-order chi connectivity index (χ0) is 14.7. The first-order valence-electron chi connectivity index (χ1n) is 6.04. The second-order valence-electron chi connectivity index (χ2n) is 4.09. The van der Waals surface area contributed by atoms with E-state index in [0.717, 1.165) is 5.56 Å². The van der Waals surface area contributed by atoms with Crippen LogP contribution in [0, 0.1) is 0 Å². The summed E-state index contributed by atoms with van der Waals surface area (Å²) in [5.41, 5.74) is 6.06. The van der Waals surface area contributed by atoms with Gasteiger partial charge in [-0.2, -0.15) is 0 Å². The Morgan fingerprint density at radius 3 is 2.57 bits per heavy atom. The van der Waals surface area contributed by atoms with Gasteiger partial charge in [-0.3, -0.25) is 4.79 Å². The number of carbonyl (C=O) groups is 1. The fourth-order valence-corrected chi connectivity index (χ4v) is 1.71. The summed E-state index contributed by atoms with van der Waals surface area (Å²) in [6, 6.07) is 9.07. The quantitative estimate of drug-likeness (QED) is 0.785. The third-order valence-electron chi connectivity index (χ3n) is 2.70. The Hall–Kier alpha value is -3.22. The third-order valence-corrected chi connectivity index (χ3v) is 2.70. The van der Waals surface area contributed by atoms with Crippen molar-refractivity contribution in [3.05, 3.63) is 54.5 Å². The van der Waals surface area contributed by atoms with Gasteiger partial charge in [0.25, 0.3) is 5.91 Å².